The van der Waals surface area contributed by atoms with Crippen molar-refractivity contribution in [2.24, 2.45) is 0 Å². The first-order valence-corrected chi connectivity index (χ1v) is 5.54. The van der Waals surface area contributed by atoms with Gasteiger partial charge in [0.25, 0.3) is 0 Å². The van der Waals surface area contributed by atoms with E-state index in [9.17, 15) is 0 Å². The zero-order valence-electron chi connectivity index (χ0n) is 9.94. The first kappa shape index (κ1) is 10.7. The van der Waals surface area contributed by atoms with Crippen LogP contribution in [-0.2, 0) is 0 Å². The van der Waals surface area contributed by atoms with E-state index in [1.807, 2.05) is 23.0 Å². The number of aromatic nitrogens is 2. The van der Waals surface area contributed by atoms with Crippen molar-refractivity contribution in [3.8, 4) is 5.69 Å². The summed E-state index contributed by atoms with van der Waals surface area (Å²) in [7, 11) is 0. The minimum Gasteiger partial charge on any atom is -0.383 e. The molecule has 0 saturated carbocycles. The number of nitrogens with zero attached hydrogens (tertiary/aromatic N) is 2. The molecule has 2 rings (SSSR count). The van der Waals surface area contributed by atoms with Gasteiger partial charge in [0.05, 0.1) is 5.69 Å². The third-order valence-corrected chi connectivity index (χ3v) is 2.38. The van der Waals surface area contributed by atoms with Crippen LogP contribution < -0.4 is 5.32 Å². The number of rotatable bonds is 3. The highest BCUT2D eigenvalue weighted by Gasteiger charge is 2.02. The summed E-state index contributed by atoms with van der Waals surface area (Å²) in [6.07, 6.45) is 1.82. The molecular weight excluding hydrogens is 198 g/mol. The van der Waals surface area contributed by atoms with Crippen LogP contribution in [0.2, 0.25) is 0 Å². The molecule has 3 nitrogen and oxygen atoms in total. The van der Waals surface area contributed by atoms with Crippen LogP contribution in [0.4, 0.5) is 5.69 Å². The van der Waals surface area contributed by atoms with Crippen LogP contribution >= 0.6 is 0 Å². The Bertz CT molecular complexity index is 472. The van der Waals surface area contributed by atoms with Crippen LogP contribution in [-0.4, -0.2) is 15.8 Å². The largest absolute Gasteiger partial charge is 0.383 e. The second kappa shape index (κ2) is 4.39. The lowest BCUT2D eigenvalue weighted by Crippen LogP contribution is -2.10. The van der Waals surface area contributed by atoms with Crippen LogP contribution in [0.25, 0.3) is 5.69 Å². The Balaban J connectivity index is 2.33. The molecule has 0 fully saturated rings. The minimum atomic E-state index is 0.439. The van der Waals surface area contributed by atoms with E-state index >= 15 is 0 Å². The molecule has 0 amide bonds. The van der Waals surface area contributed by atoms with Gasteiger partial charge in [0, 0.05) is 23.6 Å². The van der Waals surface area contributed by atoms with Crippen molar-refractivity contribution in [1.82, 2.24) is 9.78 Å². The first-order valence-electron chi connectivity index (χ1n) is 5.54. The summed E-state index contributed by atoms with van der Waals surface area (Å²) in [5, 5.41) is 7.68. The molecular formula is C13H17N3. The Hall–Kier alpha value is -1.77. The molecule has 0 bridgehead atoms. The fourth-order valence-electron chi connectivity index (χ4n) is 1.70. The average molecular weight is 215 g/mol. The molecule has 1 aromatic carbocycles. The Kier molecular flexibility index (Phi) is 2.95. The zero-order valence-corrected chi connectivity index (χ0v) is 9.94. The lowest BCUT2D eigenvalue weighted by atomic mass is 10.2. The van der Waals surface area contributed by atoms with Crippen LogP contribution in [0.3, 0.4) is 0 Å². The molecule has 0 aliphatic heterocycles. The van der Waals surface area contributed by atoms with Gasteiger partial charge in [-0.25, -0.2) is 4.68 Å². The van der Waals surface area contributed by atoms with Crippen LogP contribution in [0.15, 0.2) is 36.5 Å². The molecule has 0 spiro atoms. The second-order valence-corrected chi connectivity index (χ2v) is 4.23. The monoisotopic (exact) mass is 215 g/mol. The summed E-state index contributed by atoms with van der Waals surface area (Å²) in [5.41, 5.74) is 3.36. The fourth-order valence-corrected chi connectivity index (χ4v) is 1.70. The molecule has 0 atom stereocenters. The van der Waals surface area contributed by atoms with Gasteiger partial charge in [-0.1, -0.05) is 6.07 Å². The molecule has 0 saturated heterocycles. The number of hydrogen-bond donors (Lipinski definition) is 1. The lowest BCUT2D eigenvalue weighted by Gasteiger charge is -2.11. The van der Waals surface area contributed by atoms with Crippen molar-refractivity contribution >= 4 is 5.69 Å². The SMILES string of the molecule is Cc1ccnn1-c1cccc(NC(C)C)c1. The van der Waals surface area contributed by atoms with Gasteiger partial charge in [0.2, 0.25) is 0 Å². The number of nitrogens with one attached hydrogen (secondary N) is 1. The summed E-state index contributed by atoms with van der Waals surface area (Å²) in [4.78, 5) is 0. The highest BCUT2D eigenvalue weighted by atomic mass is 15.3. The summed E-state index contributed by atoms with van der Waals surface area (Å²) in [6.45, 7) is 6.31. The molecule has 1 N–H and O–H groups in total. The van der Waals surface area contributed by atoms with E-state index in [4.69, 9.17) is 0 Å². The summed E-state index contributed by atoms with van der Waals surface area (Å²) >= 11 is 0. The molecule has 0 radical (unpaired) electrons. The number of anilines is 1. The molecule has 1 aromatic heterocycles. The number of aryl methyl sites for hydroxylation is 1. The Morgan fingerprint density at radius 2 is 2.06 bits per heavy atom. The molecule has 16 heavy (non-hydrogen) atoms. The predicted octanol–water partition coefficient (Wildman–Crippen LogP) is 3.00. The maximum absolute atomic E-state index is 4.30. The van der Waals surface area contributed by atoms with Gasteiger partial charge >= 0.3 is 0 Å². The normalized spacial score (nSPS) is 10.8. The topological polar surface area (TPSA) is 29.9 Å². The Morgan fingerprint density at radius 3 is 2.69 bits per heavy atom. The summed E-state index contributed by atoms with van der Waals surface area (Å²) < 4.78 is 1.94. The van der Waals surface area contributed by atoms with E-state index in [1.165, 1.54) is 0 Å². The zero-order chi connectivity index (χ0) is 11.5. The van der Waals surface area contributed by atoms with Gasteiger partial charge in [0.1, 0.15) is 0 Å². The first-order chi connectivity index (χ1) is 7.66. The molecule has 0 aliphatic rings. The number of benzene rings is 1. The van der Waals surface area contributed by atoms with E-state index in [1.54, 1.807) is 0 Å². The van der Waals surface area contributed by atoms with Gasteiger partial charge in [-0.05, 0) is 45.0 Å². The molecule has 84 valence electrons. The van der Waals surface area contributed by atoms with Crippen LogP contribution in [0.1, 0.15) is 19.5 Å². The van der Waals surface area contributed by atoms with Gasteiger partial charge in [0.15, 0.2) is 0 Å². The standard InChI is InChI=1S/C13H17N3/c1-10(2)15-12-5-4-6-13(9-12)16-11(3)7-8-14-16/h4-10,15H,1-3H3. The number of hydrogen-bond acceptors (Lipinski definition) is 2. The van der Waals surface area contributed by atoms with Crippen molar-refractivity contribution in [3.63, 3.8) is 0 Å². The van der Waals surface area contributed by atoms with Crippen molar-refractivity contribution in [2.45, 2.75) is 26.8 Å². The van der Waals surface area contributed by atoms with Gasteiger partial charge in [-0.15, -0.1) is 0 Å². The maximum Gasteiger partial charge on any atom is 0.0669 e. The molecule has 3 heteroatoms. The second-order valence-electron chi connectivity index (χ2n) is 4.23. The third-order valence-electron chi connectivity index (χ3n) is 2.38. The molecule has 1 heterocycles. The molecule has 2 aromatic rings. The smallest absolute Gasteiger partial charge is 0.0669 e. The Labute approximate surface area is 96.1 Å². The molecule has 0 unspecified atom stereocenters. The van der Waals surface area contributed by atoms with Crippen molar-refractivity contribution in [2.75, 3.05) is 5.32 Å². The average Bonchev–Trinajstić information content (AvgIpc) is 2.64. The summed E-state index contributed by atoms with van der Waals surface area (Å²) in [5.74, 6) is 0. The molecule has 0 aliphatic carbocycles. The summed E-state index contributed by atoms with van der Waals surface area (Å²) in [6, 6.07) is 10.7. The van der Waals surface area contributed by atoms with Gasteiger partial charge in [-0.3, -0.25) is 0 Å². The van der Waals surface area contributed by atoms with Gasteiger partial charge in [-0.2, -0.15) is 5.10 Å². The van der Waals surface area contributed by atoms with E-state index in [2.05, 4.69) is 49.4 Å². The van der Waals surface area contributed by atoms with Crippen molar-refractivity contribution < 1.29 is 0 Å². The van der Waals surface area contributed by atoms with Gasteiger partial charge < -0.3 is 5.32 Å². The van der Waals surface area contributed by atoms with Crippen molar-refractivity contribution in [3.05, 3.63) is 42.2 Å². The van der Waals surface area contributed by atoms with Crippen LogP contribution in [0.5, 0.6) is 0 Å². The Morgan fingerprint density at radius 1 is 1.25 bits per heavy atom. The van der Waals surface area contributed by atoms with Crippen molar-refractivity contribution in [1.29, 1.82) is 0 Å². The minimum absolute atomic E-state index is 0.439. The lowest BCUT2D eigenvalue weighted by molar-refractivity contribution is 0.845. The highest BCUT2D eigenvalue weighted by molar-refractivity contribution is 5.51. The van der Waals surface area contributed by atoms with E-state index in [0.29, 0.717) is 6.04 Å². The van der Waals surface area contributed by atoms with E-state index < -0.39 is 0 Å². The van der Waals surface area contributed by atoms with Crippen LogP contribution in [0, 0.1) is 6.92 Å². The fraction of sp³-hybridized carbons (Fsp3) is 0.308. The maximum atomic E-state index is 4.30. The quantitative estimate of drug-likeness (QED) is 0.853. The van der Waals surface area contributed by atoms with E-state index in [-0.39, 0.29) is 0 Å². The third kappa shape index (κ3) is 2.24. The van der Waals surface area contributed by atoms with E-state index in [0.717, 1.165) is 17.1 Å². The predicted molar refractivity (Wildman–Crippen MR) is 67.1 cm³/mol. The highest BCUT2D eigenvalue weighted by Crippen LogP contribution is 2.16.